The van der Waals surface area contributed by atoms with Crippen LogP contribution in [0.2, 0.25) is 0 Å². The van der Waals surface area contributed by atoms with Crippen LogP contribution in [0.3, 0.4) is 0 Å². The number of benzene rings is 2. The van der Waals surface area contributed by atoms with Gasteiger partial charge in [-0.3, -0.25) is 4.79 Å². The van der Waals surface area contributed by atoms with Crippen LogP contribution in [0.25, 0.3) is 6.08 Å². The van der Waals surface area contributed by atoms with Gasteiger partial charge in [0, 0.05) is 31.5 Å². The topological polar surface area (TPSA) is 67.9 Å². The van der Waals surface area contributed by atoms with Crippen molar-refractivity contribution in [3.05, 3.63) is 60.2 Å². The lowest BCUT2D eigenvalue weighted by Gasteiger charge is -2.15. The Kier molecular flexibility index (Phi) is 7.63. The fourth-order valence-corrected chi connectivity index (χ4v) is 2.36. The van der Waals surface area contributed by atoms with Crippen LogP contribution in [0, 0.1) is 0 Å². The molecule has 1 atom stereocenters. The fourth-order valence-electron chi connectivity index (χ4n) is 2.36. The molecule has 0 bridgehead atoms. The van der Waals surface area contributed by atoms with Crippen LogP contribution in [0.1, 0.15) is 19.4 Å². The molecule has 0 aliphatic heterocycles. The maximum absolute atomic E-state index is 12.2. The Bertz CT molecular complexity index is 811. The zero-order valence-corrected chi connectivity index (χ0v) is 16.6. The summed E-state index contributed by atoms with van der Waals surface area (Å²) in [5.74, 6) is -0.203. The molecule has 0 radical (unpaired) electrons. The van der Waals surface area contributed by atoms with E-state index in [-0.39, 0.29) is 5.91 Å². The first-order chi connectivity index (χ1) is 13.4. The first-order valence-electron chi connectivity index (χ1n) is 9.09. The molecule has 2 aromatic rings. The molecule has 0 saturated heterocycles. The maximum Gasteiger partial charge on any atom is 0.331 e. The van der Waals surface area contributed by atoms with Gasteiger partial charge in [-0.05, 0) is 61.9 Å². The van der Waals surface area contributed by atoms with Crippen molar-refractivity contribution < 1.29 is 19.1 Å². The smallest absolute Gasteiger partial charge is 0.331 e. The number of hydrogen-bond donors (Lipinski definition) is 1. The third-order valence-electron chi connectivity index (χ3n) is 3.92. The Morgan fingerprint density at radius 1 is 1.07 bits per heavy atom. The fraction of sp³-hybridized carbons (Fsp3) is 0.273. The molecule has 0 saturated carbocycles. The third kappa shape index (κ3) is 6.46. The van der Waals surface area contributed by atoms with E-state index in [0.717, 1.165) is 17.0 Å². The summed E-state index contributed by atoms with van der Waals surface area (Å²) in [5, 5.41) is 2.73. The molecule has 6 heteroatoms. The number of esters is 1. The number of carbonyl (C=O) groups is 2. The zero-order valence-electron chi connectivity index (χ0n) is 16.6. The van der Waals surface area contributed by atoms with E-state index >= 15 is 0 Å². The zero-order chi connectivity index (χ0) is 20.5. The molecule has 0 aromatic heterocycles. The van der Waals surface area contributed by atoms with E-state index in [1.807, 2.05) is 62.3 Å². The van der Waals surface area contributed by atoms with Crippen molar-refractivity contribution in [1.82, 2.24) is 0 Å². The second-order valence-corrected chi connectivity index (χ2v) is 6.35. The minimum Gasteiger partial charge on any atom is -0.494 e. The molecule has 2 rings (SSSR count). The van der Waals surface area contributed by atoms with Crippen molar-refractivity contribution in [3.63, 3.8) is 0 Å². The molecule has 148 valence electrons. The summed E-state index contributed by atoms with van der Waals surface area (Å²) in [6.45, 7) is 4.05. The van der Waals surface area contributed by atoms with Gasteiger partial charge < -0.3 is 19.7 Å². The van der Waals surface area contributed by atoms with E-state index in [0.29, 0.717) is 12.3 Å². The Labute approximate surface area is 165 Å². The highest BCUT2D eigenvalue weighted by molar-refractivity contribution is 5.96. The van der Waals surface area contributed by atoms with Crippen molar-refractivity contribution in [1.29, 1.82) is 0 Å². The Morgan fingerprint density at radius 2 is 1.71 bits per heavy atom. The molecule has 0 heterocycles. The summed E-state index contributed by atoms with van der Waals surface area (Å²) in [4.78, 5) is 26.1. The van der Waals surface area contributed by atoms with E-state index in [9.17, 15) is 9.59 Å². The van der Waals surface area contributed by atoms with E-state index in [2.05, 4.69) is 5.32 Å². The molecule has 28 heavy (non-hydrogen) atoms. The van der Waals surface area contributed by atoms with Crippen molar-refractivity contribution in [3.8, 4) is 5.75 Å². The molecule has 0 spiro atoms. The molecular formula is C22H26N2O4. The SMILES string of the molecule is CCOc1ccc(/C=C/C(=O)OC(C)C(=O)Nc2ccc(N(C)C)cc2)cc1. The van der Waals surface area contributed by atoms with Crippen molar-refractivity contribution >= 4 is 29.3 Å². The van der Waals surface area contributed by atoms with Crippen LogP contribution in [0.15, 0.2) is 54.6 Å². The lowest BCUT2D eigenvalue weighted by molar-refractivity contribution is -0.148. The van der Waals surface area contributed by atoms with Gasteiger partial charge >= 0.3 is 5.97 Å². The molecule has 1 unspecified atom stereocenters. The van der Waals surface area contributed by atoms with Gasteiger partial charge in [-0.25, -0.2) is 4.79 Å². The summed E-state index contributed by atoms with van der Waals surface area (Å²) in [6, 6.07) is 14.7. The molecule has 6 nitrogen and oxygen atoms in total. The molecule has 0 fully saturated rings. The minimum absolute atomic E-state index is 0.388. The Morgan fingerprint density at radius 3 is 2.29 bits per heavy atom. The van der Waals surface area contributed by atoms with Crippen LogP contribution < -0.4 is 15.0 Å². The van der Waals surface area contributed by atoms with Crippen LogP contribution in [0.4, 0.5) is 11.4 Å². The van der Waals surface area contributed by atoms with Crippen molar-refractivity contribution in [2.45, 2.75) is 20.0 Å². The highest BCUT2D eigenvalue weighted by atomic mass is 16.5. The second-order valence-electron chi connectivity index (χ2n) is 6.35. The van der Waals surface area contributed by atoms with Gasteiger partial charge in [0.15, 0.2) is 6.10 Å². The number of amides is 1. The summed E-state index contributed by atoms with van der Waals surface area (Å²) in [6.07, 6.45) is 2.01. The standard InChI is InChI=1S/C22H26N2O4/c1-5-27-20-13-6-17(7-14-20)8-15-21(25)28-16(2)22(26)23-18-9-11-19(12-10-18)24(3)4/h6-16H,5H2,1-4H3,(H,23,26)/b15-8+. The van der Waals surface area contributed by atoms with E-state index in [1.54, 1.807) is 18.2 Å². The normalized spacial score (nSPS) is 11.7. The quantitative estimate of drug-likeness (QED) is 0.556. The van der Waals surface area contributed by atoms with Crippen molar-refractivity contribution in [2.75, 3.05) is 30.9 Å². The molecule has 0 aliphatic carbocycles. The van der Waals surface area contributed by atoms with E-state index in [1.165, 1.54) is 13.0 Å². The number of anilines is 2. The number of carbonyl (C=O) groups excluding carboxylic acids is 2. The summed E-state index contributed by atoms with van der Waals surface area (Å²) in [7, 11) is 3.88. The first-order valence-corrected chi connectivity index (χ1v) is 9.09. The summed E-state index contributed by atoms with van der Waals surface area (Å²) in [5.41, 5.74) is 2.50. The van der Waals surface area contributed by atoms with Gasteiger partial charge in [-0.2, -0.15) is 0 Å². The van der Waals surface area contributed by atoms with E-state index in [4.69, 9.17) is 9.47 Å². The number of rotatable bonds is 8. The average Bonchev–Trinajstić information content (AvgIpc) is 2.68. The molecule has 1 amide bonds. The van der Waals surface area contributed by atoms with Crippen LogP contribution in [0.5, 0.6) is 5.75 Å². The lowest BCUT2D eigenvalue weighted by Crippen LogP contribution is -2.29. The number of nitrogens with zero attached hydrogens (tertiary/aromatic N) is 1. The molecule has 0 aliphatic rings. The van der Waals surface area contributed by atoms with Crippen LogP contribution >= 0.6 is 0 Å². The first kappa shape index (κ1) is 21.0. The largest absolute Gasteiger partial charge is 0.494 e. The molecule has 2 aromatic carbocycles. The van der Waals surface area contributed by atoms with Gasteiger partial charge in [-0.1, -0.05) is 12.1 Å². The second kappa shape index (κ2) is 10.2. The minimum atomic E-state index is -0.911. The van der Waals surface area contributed by atoms with Gasteiger partial charge in [-0.15, -0.1) is 0 Å². The lowest BCUT2D eigenvalue weighted by atomic mass is 10.2. The average molecular weight is 382 g/mol. The number of nitrogens with one attached hydrogen (secondary N) is 1. The summed E-state index contributed by atoms with van der Waals surface area (Å²) < 4.78 is 10.5. The van der Waals surface area contributed by atoms with Gasteiger partial charge in [0.1, 0.15) is 5.75 Å². The predicted molar refractivity (Wildman–Crippen MR) is 112 cm³/mol. The monoisotopic (exact) mass is 382 g/mol. The summed E-state index contributed by atoms with van der Waals surface area (Å²) >= 11 is 0. The maximum atomic E-state index is 12.2. The number of hydrogen-bond acceptors (Lipinski definition) is 5. The van der Waals surface area contributed by atoms with Gasteiger partial charge in [0.25, 0.3) is 5.91 Å². The van der Waals surface area contributed by atoms with Crippen molar-refractivity contribution in [2.24, 2.45) is 0 Å². The highest BCUT2D eigenvalue weighted by Gasteiger charge is 2.16. The van der Waals surface area contributed by atoms with E-state index < -0.39 is 12.1 Å². The molecular weight excluding hydrogens is 356 g/mol. The molecule has 1 N–H and O–H groups in total. The Hall–Kier alpha value is -3.28. The predicted octanol–water partition coefficient (Wildman–Crippen LogP) is 3.73. The van der Waals surface area contributed by atoms with Gasteiger partial charge in [0.2, 0.25) is 0 Å². The van der Waals surface area contributed by atoms with Crippen LogP contribution in [-0.2, 0) is 14.3 Å². The van der Waals surface area contributed by atoms with Gasteiger partial charge in [0.05, 0.1) is 6.61 Å². The third-order valence-corrected chi connectivity index (χ3v) is 3.92. The van der Waals surface area contributed by atoms with Crippen LogP contribution in [-0.4, -0.2) is 38.7 Å². The highest BCUT2D eigenvalue weighted by Crippen LogP contribution is 2.16. The Balaban J connectivity index is 1.85. The number of ether oxygens (including phenoxy) is 2.